The zero-order chi connectivity index (χ0) is 19.5. The van der Waals surface area contributed by atoms with Crippen LogP contribution in [0.25, 0.3) is 16.7 Å². The van der Waals surface area contributed by atoms with Gasteiger partial charge in [-0.15, -0.1) is 0 Å². The van der Waals surface area contributed by atoms with Crippen molar-refractivity contribution in [2.24, 2.45) is 0 Å². The van der Waals surface area contributed by atoms with Crippen molar-refractivity contribution >= 4 is 17.3 Å². The Kier molecular flexibility index (Phi) is 4.90. The first-order valence-corrected chi connectivity index (χ1v) is 9.38. The van der Waals surface area contributed by atoms with E-state index in [9.17, 15) is 9.59 Å². The number of hydrogen-bond donors (Lipinski definition) is 0. The minimum absolute atomic E-state index is 0.131. The Labute approximate surface area is 164 Å². The van der Waals surface area contributed by atoms with Crippen molar-refractivity contribution in [3.8, 4) is 11.1 Å². The predicted octanol–water partition coefficient (Wildman–Crippen LogP) is 5.11. The number of ketones is 1. The molecule has 0 radical (unpaired) electrons. The number of Topliss-reactive ketones (excluding diaryl/α,β-unsaturated/α-hetero) is 1. The van der Waals surface area contributed by atoms with Crippen LogP contribution in [0, 0.1) is 0 Å². The normalized spacial score (nSPS) is 14.1. The van der Waals surface area contributed by atoms with E-state index in [0.717, 1.165) is 22.3 Å². The Morgan fingerprint density at radius 1 is 0.750 bits per heavy atom. The second kappa shape index (κ2) is 7.65. The van der Waals surface area contributed by atoms with Gasteiger partial charge in [0.05, 0.1) is 12.2 Å². The largest absolute Gasteiger partial charge is 0.463 e. The van der Waals surface area contributed by atoms with E-state index in [0.29, 0.717) is 23.1 Å². The molecule has 3 heteroatoms. The van der Waals surface area contributed by atoms with E-state index < -0.39 is 5.97 Å². The summed E-state index contributed by atoms with van der Waals surface area (Å²) in [5.74, 6) is -0.572. The Bertz CT molecular complexity index is 1080. The van der Waals surface area contributed by atoms with Gasteiger partial charge in [-0.3, -0.25) is 4.79 Å². The number of carbonyl (C=O) groups excluding carboxylic acids is 2. The lowest BCUT2D eigenvalue weighted by Gasteiger charge is -2.23. The molecule has 28 heavy (non-hydrogen) atoms. The minimum Gasteiger partial charge on any atom is -0.463 e. The van der Waals surface area contributed by atoms with E-state index in [1.165, 1.54) is 0 Å². The maximum atomic E-state index is 13.5. The summed E-state index contributed by atoms with van der Waals surface area (Å²) in [7, 11) is 0. The molecule has 1 aliphatic rings. The molecule has 3 aromatic carbocycles. The van der Waals surface area contributed by atoms with Crippen LogP contribution in [0.4, 0.5) is 0 Å². The topological polar surface area (TPSA) is 43.4 Å². The number of esters is 1. The summed E-state index contributed by atoms with van der Waals surface area (Å²) in [5, 5.41) is 0. The maximum Gasteiger partial charge on any atom is 0.335 e. The summed E-state index contributed by atoms with van der Waals surface area (Å²) in [4.78, 5) is 26.3. The van der Waals surface area contributed by atoms with Gasteiger partial charge in [0.15, 0.2) is 5.78 Å². The third-order valence-electron chi connectivity index (χ3n) is 4.93. The van der Waals surface area contributed by atoms with Gasteiger partial charge in [-0.05, 0) is 29.2 Å². The van der Waals surface area contributed by atoms with Crippen molar-refractivity contribution < 1.29 is 14.3 Å². The first-order valence-electron chi connectivity index (χ1n) is 9.38. The van der Waals surface area contributed by atoms with E-state index >= 15 is 0 Å². The molecule has 3 nitrogen and oxygen atoms in total. The van der Waals surface area contributed by atoms with Crippen LogP contribution in [-0.4, -0.2) is 18.4 Å². The molecule has 1 aliphatic carbocycles. The number of rotatable bonds is 4. The fourth-order valence-corrected chi connectivity index (χ4v) is 3.69. The Balaban J connectivity index is 1.97. The molecule has 0 saturated heterocycles. The maximum absolute atomic E-state index is 13.5. The van der Waals surface area contributed by atoms with Crippen LogP contribution < -0.4 is 0 Å². The Hall–Kier alpha value is -3.46. The van der Waals surface area contributed by atoms with Crippen molar-refractivity contribution in [3.05, 3.63) is 101 Å². The highest BCUT2D eigenvalue weighted by molar-refractivity contribution is 6.37. The summed E-state index contributed by atoms with van der Waals surface area (Å²) in [6.45, 7) is 2.03. The smallest absolute Gasteiger partial charge is 0.335 e. The quantitative estimate of drug-likeness (QED) is 0.475. The molecular formula is C25H20O3. The summed E-state index contributed by atoms with van der Waals surface area (Å²) in [5.41, 5.74) is 5.06. The van der Waals surface area contributed by atoms with Gasteiger partial charge < -0.3 is 4.74 Å². The molecule has 0 spiro atoms. The number of hydrogen-bond acceptors (Lipinski definition) is 3. The second-order valence-electron chi connectivity index (χ2n) is 6.66. The molecule has 138 valence electrons. The van der Waals surface area contributed by atoms with Gasteiger partial charge in [0.25, 0.3) is 0 Å². The van der Waals surface area contributed by atoms with Crippen LogP contribution in [0.15, 0.2) is 84.4 Å². The monoisotopic (exact) mass is 368 g/mol. The van der Waals surface area contributed by atoms with E-state index in [2.05, 4.69) is 0 Å². The van der Waals surface area contributed by atoms with Crippen LogP contribution >= 0.6 is 0 Å². The van der Waals surface area contributed by atoms with Crippen LogP contribution in [-0.2, 0) is 16.0 Å². The first kappa shape index (κ1) is 17.9. The van der Waals surface area contributed by atoms with Crippen molar-refractivity contribution in [3.63, 3.8) is 0 Å². The average molecular weight is 368 g/mol. The van der Waals surface area contributed by atoms with Gasteiger partial charge in [-0.2, -0.15) is 0 Å². The SMILES string of the molecule is CCOC(=O)/C(Cc1ccccc1)=C1\C(=O)c2ccccc2-c2ccccc21. The molecule has 0 N–H and O–H groups in total. The summed E-state index contributed by atoms with van der Waals surface area (Å²) >= 11 is 0. The van der Waals surface area contributed by atoms with E-state index in [-0.39, 0.29) is 12.4 Å². The fourth-order valence-electron chi connectivity index (χ4n) is 3.69. The molecule has 0 unspecified atom stereocenters. The van der Waals surface area contributed by atoms with Crippen LogP contribution in [0.1, 0.15) is 28.4 Å². The summed E-state index contributed by atoms with van der Waals surface area (Å²) < 4.78 is 5.33. The predicted molar refractivity (Wildman–Crippen MR) is 110 cm³/mol. The highest BCUT2D eigenvalue weighted by atomic mass is 16.5. The van der Waals surface area contributed by atoms with Crippen molar-refractivity contribution in [1.29, 1.82) is 0 Å². The fraction of sp³-hybridized carbons (Fsp3) is 0.120. The van der Waals surface area contributed by atoms with Crippen molar-refractivity contribution in [1.82, 2.24) is 0 Å². The van der Waals surface area contributed by atoms with Gasteiger partial charge >= 0.3 is 5.97 Å². The van der Waals surface area contributed by atoms with E-state index in [1.54, 1.807) is 6.92 Å². The highest BCUT2D eigenvalue weighted by Gasteiger charge is 2.31. The van der Waals surface area contributed by atoms with Crippen LogP contribution in [0.2, 0.25) is 0 Å². The van der Waals surface area contributed by atoms with Crippen LogP contribution in [0.5, 0.6) is 0 Å². The molecule has 0 amide bonds. The summed E-state index contributed by atoms with van der Waals surface area (Å²) in [6.07, 6.45) is 0.344. The molecule has 0 atom stereocenters. The minimum atomic E-state index is -0.441. The number of ether oxygens (including phenoxy) is 1. The van der Waals surface area contributed by atoms with Crippen molar-refractivity contribution in [2.75, 3.05) is 6.61 Å². The Morgan fingerprint density at radius 3 is 1.93 bits per heavy atom. The second-order valence-corrected chi connectivity index (χ2v) is 6.66. The third-order valence-corrected chi connectivity index (χ3v) is 4.93. The molecule has 3 aromatic rings. The molecule has 0 aliphatic heterocycles. The number of carbonyl (C=O) groups is 2. The average Bonchev–Trinajstić information content (AvgIpc) is 2.74. The van der Waals surface area contributed by atoms with E-state index in [1.807, 2.05) is 78.9 Å². The number of fused-ring (bicyclic) bond motifs is 3. The lowest BCUT2D eigenvalue weighted by molar-refractivity contribution is -0.138. The molecular weight excluding hydrogens is 348 g/mol. The van der Waals surface area contributed by atoms with Gasteiger partial charge in [0.2, 0.25) is 0 Å². The zero-order valence-corrected chi connectivity index (χ0v) is 15.6. The zero-order valence-electron chi connectivity index (χ0n) is 15.6. The molecule has 0 bridgehead atoms. The molecule has 0 heterocycles. The number of allylic oxidation sites excluding steroid dienone is 1. The molecule has 0 fully saturated rings. The lowest BCUT2D eigenvalue weighted by Crippen LogP contribution is -2.19. The van der Waals surface area contributed by atoms with Gasteiger partial charge in [-0.25, -0.2) is 4.79 Å². The molecule has 4 rings (SSSR count). The lowest BCUT2D eigenvalue weighted by atomic mass is 9.78. The van der Waals surface area contributed by atoms with Crippen LogP contribution in [0.3, 0.4) is 0 Å². The molecule has 0 saturated carbocycles. The standard InChI is InChI=1S/C25H20O3/c1-2-28-25(27)22(16-17-10-4-3-5-11-17)23-20-14-8-6-12-18(20)19-13-7-9-15-21(19)24(23)26/h3-15H,2,16H2,1H3/b23-22-. The van der Waals surface area contributed by atoms with Crippen molar-refractivity contribution in [2.45, 2.75) is 13.3 Å². The highest BCUT2D eigenvalue weighted by Crippen LogP contribution is 2.41. The van der Waals surface area contributed by atoms with Gasteiger partial charge in [-0.1, -0.05) is 78.9 Å². The molecule has 0 aromatic heterocycles. The van der Waals surface area contributed by atoms with E-state index in [4.69, 9.17) is 4.74 Å². The summed E-state index contributed by atoms with van der Waals surface area (Å²) in [6, 6.07) is 25.0. The van der Waals surface area contributed by atoms with Gasteiger partial charge in [0.1, 0.15) is 0 Å². The first-order chi connectivity index (χ1) is 13.7. The third kappa shape index (κ3) is 3.16. The number of benzene rings is 3. The Morgan fingerprint density at radius 2 is 1.29 bits per heavy atom. The van der Waals surface area contributed by atoms with Gasteiger partial charge in [0, 0.05) is 17.6 Å².